The Morgan fingerprint density at radius 3 is 1.87 bits per heavy atom. The molecule has 0 aliphatic rings. The first kappa shape index (κ1) is 21.8. The number of carboxylic acids is 1. The molecule has 7 nitrogen and oxygen atoms in total. The van der Waals surface area contributed by atoms with E-state index >= 15 is 0 Å². The van der Waals surface area contributed by atoms with E-state index in [0.717, 1.165) is 0 Å². The zero-order valence-corrected chi connectivity index (χ0v) is 14.6. The molecule has 0 radical (unpaired) electrons. The smallest absolute Gasteiger partial charge is 0.308 e. The number of aliphatic carboxylic acids is 1. The third kappa shape index (κ3) is 10.3. The van der Waals surface area contributed by atoms with E-state index in [2.05, 4.69) is 0 Å². The Bertz CT molecular complexity index is 373. The fraction of sp³-hybridized carbons (Fsp3) is 0.875. The molecule has 0 aromatic rings. The van der Waals surface area contributed by atoms with Gasteiger partial charge in [0.1, 0.15) is 6.10 Å². The predicted octanol–water partition coefficient (Wildman–Crippen LogP) is 0.871. The van der Waals surface area contributed by atoms with Gasteiger partial charge in [0.2, 0.25) is 0 Å². The zero-order chi connectivity index (χ0) is 18.2. The van der Waals surface area contributed by atoms with Gasteiger partial charge in [-0.25, -0.2) is 0 Å². The quantitative estimate of drug-likeness (QED) is 0.412. The minimum Gasteiger partial charge on any atom is -0.481 e. The number of rotatable bonds is 11. The molecule has 0 amide bonds. The lowest BCUT2D eigenvalue weighted by Gasteiger charge is -2.25. The minimum atomic E-state index is -1.08. The standard InChI is InChI=1S/C16H32N2O5/c1-9(2)5-11(17)13(19)7-16(22)23-14(8-15(20)21)12(18)6-10(3)4/h9-14,19H,5-8,17-18H2,1-4H3,(H,20,21)/t11-,12-,13-,14-/m0/s1. The topological polar surface area (TPSA) is 136 Å². The molecule has 136 valence electrons. The van der Waals surface area contributed by atoms with Crippen molar-refractivity contribution in [3.8, 4) is 0 Å². The van der Waals surface area contributed by atoms with E-state index in [-0.39, 0.29) is 18.8 Å². The normalized spacial score (nSPS) is 16.9. The van der Waals surface area contributed by atoms with Gasteiger partial charge in [-0.2, -0.15) is 0 Å². The second-order valence-corrected chi connectivity index (χ2v) is 6.98. The Balaban J connectivity index is 4.61. The monoisotopic (exact) mass is 332 g/mol. The Kier molecular flexibility index (Phi) is 10.0. The summed E-state index contributed by atoms with van der Waals surface area (Å²) in [7, 11) is 0. The van der Waals surface area contributed by atoms with Crippen molar-refractivity contribution in [3.63, 3.8) is 0 Å². The zero-order valence-electron chi connectivity index (χ0n) is 14.6. The molecule has 0 rings (SSSR count). The van der Waals surface area contributed by atoms with E-state index in [9.17, 15) is 14.7 Å². The van der Waals surface area contributed by atoms with Crippen LogP contribution in [0.3, 0.4) is 0 Å². The van der Waals surface area contributed by atoms with Gasteiger partial charge in [-0.05, 0) is 24.7 Å². The van der Waals surface area contributed by atoms with Gasteiger partial charge in [-0.15, -0.1) is 0 Å². The number of ether oxygens (including phenoxy) is 1. The average molecular weight is 332 g/mol. The maximum atomic E-state index is 11.9. The van der Waals surface area contributed by atoms with Crippen molar-refractivity contribution in [3.05, 3.63) is 0 Å². The highest BCUT2D eigenvalue weighted by atomic mass is 16.5. The van der Waals surface area contributed by atoms with Crippen LogP contribution < -0.4 is 11.5 Å². The summed E-state index contributed by atoms with van der Waals surface area (Å²) in [5.41, 5.74) is 11.8. The van der Waals surface area contributed by atoms with Gasteiger partial charge in [0.05, 0.1) is 18.9 Å². The van der Waals surface area contributed by atoms with Gasteiger partial charge >= 0.3 is 11.9 Å². The van der Waals surface area contributed by atoms with Crippen LogP contribution in [0.1, 0.15) is 53.4 Å². The van der Waals surface area contributed by atoms with E-state index in [4.69, 9.17) is 21.3 Å². The van der Waals surface area contributed by atoms with Gasteiger partial charge in [0, 0.05) is 12.1 Å². The van der Waals surface area contributed by atoms with Crippen LogP contribution in [0.15, 0.2) is 0 Å². The number of esters is 1. The maximum Gasteiger partial charge on any atom is 0.308 e. The van der Waals surface area contributed by atoms with Crippen molar-refractivity contribution in [2.75, 3.05) is 0 Å². The van der Waals surface area contributed by atoms with Gasteiger partial charge in [-0.3, -0.25) is 9.59 Å². The minimum absolute atomic E-state index is 0.255. The molecule has 0 fully saturated rings. The SMILES string of the molecule is CC(C)C[C@H](N)[C@H](CC(=O)O)OC(=O)C[C@H](O)[C@@H](N)CC(C)C. The molecule has 0 aromatic heterocycles. The molecule has 0 saturated carbocycles. The fourth-order valence-electron chi connectivity index (χ4n) is 2.39. The van der Waals surface area contributed by atoms with Crippen molar-refractivity contribution in [2.45, 2.75) is 77.7 Å². The van der Waals surface area contributed by atoms with Gasteiger partial charge < -0.3 is 26.4 Å². The number of carboxylic acid groups (broad SMARTS) is 1. The van der Waals surface area contributed by atoms with Gasteiger partial charge in [-0.1, -0.05) is 27.7 Å². The van der Waals surface area contributed by atoms with Crippen LogP contribution in [0.5, 0.6) is 0 Å². The van der Waals surface area contributed by atoms with Crippen LogP contribution in [-0.4, -0.2) is 46.4 Å². The van der Waals surface area contributed by atoms with Crippen LogP contribution in [0, 0.1) is 11.8 Å². The van der Waals surface area contributed by atoms with Crippen LogP contribution in [-0.2, 0) is 14.3 Å². The van der Waals surface area contributed by atoms with E-state index in [1.807, 2.05) is 27.7 Å². The van der Waals surface area contributed by atoms with E-state index in [1.54, 1.807) is 0 Å². The average Bonchev–Trinajstić information content (AvgIpc) is 2.35. The number of hydrogen-bond acceptors (Lipinski definition) is 6. The largest absolute Gasteiger partial charge is 0.481 e. The second-order valence-electron chi connectivity index (χ2n) is 6.98. The maximum absolute atomic E-state index is 11.9. The highest BCUT2D eigenvalue weighted by Gasteiger charge is 2.27. The summed E-state index contributed by atoms with van der Waals surface area (Å²) in [6.07, 6.45) is -1.42. The Hall–Kier alpha value is -1.18. The molecule has 0 aliphatic heterocycles. The van der Waals surface area contributed by atoms with E-state index < -0.39 is 36.2 Å². The van der Waals surface area contributed by atoms with Gasteiger partial charge in [0.25, 0.3) is 0 Å². The summed E-state index contributed by atoms with van der Waals surface area (Å²) in [4.78, 5) is 22.9. The molecule has 23 heavy (non-hydrogen) atoms. The molecule has 0 aromatic carbocycles. The van der Waals surface area contributed by atoms with Crippen LogP contribution >= 0.6 is 0 Å². The fourth-order valence-corrected chi connectivity index (χ4v) is 2.39. The third-order valence-electron chi connectivity index (χ3n) is 3.49. The van der Waals surface area contributed by atoms with Crippen molar-refractivity contribution >= 4 is 11.9 Å². The lowest BCUT2D eigenvalue weighted by molar-refractivity contribution is -0.156. The summed E-state index contributed by atoms with van der Waals surface area (Å²) >= 11 is 0. The number of aliphatic hydroxyl groups excluding tert-OH is 1. The van der Waals surface area contributed by atoms with Crippen LogP contribution in [0.25, 0.3) is 0 Å². The number of nitrogens with two attached hydrogens (primary N) is 2. The van der Waals surface area contributed by atoms with E-state index in [0.29, 0.717) is 18.8 Å². The molecule has 0 saturated heterocycles. The van der Waals surface area contributed by atoms with Crippen LogP contribution in [0.2, 0.25) is 0 Å². The van der Waals surface area contributed by atoms with Gasteiger partial charge in [0.15, 0.2) is 0 Å². The van der Waals surface area contributed by atoms with E-state index in [1.165, 1.54) is 0 Å². The third-order valence-corrected chi connectivity index (χ3v) is 3.49. The number of carbonyl (C=O) groups excluding carboxylic acids is 1. The first-order chi connectivity index (χ1) is 10.5. The molecular formula is C16H32N2O5. The molecule has 6 N–H and O–H groups in total. The molecule has 0 unspecified atom stereocenters. The molecule has 4 atom stereocenters. The van der Waals surface area contributed by atoms with Crippen molar-refractivity contribution in [1.29, 1.82) is 0 Å². The summed E-state index contributed by atoms with van der Waals surface area (Å²) < 4.78 is 5.19. The lowest BCUT2D eigenvalue weighted by Crippen LogP contribution is -2.42. The predicted molar refractivity (Wildman–Crippen MR) is 87.6 cm³/mol. The molecular weight excluding hydrogens is 300 g/mol. The molecule has 0 bridgehead atoms. The molecule has 0 spiro atoms. The highest BCUT2D eigenvalue weighted by Crippen LogP contribution is 2.15. The van der Waals surface area contributed by atoms with Crippen molar-refractivity contribution < 1.29 is 24.5 Å². The summed E-state index contributed by atoms with van der Waals surface area (Å²) in [5.74, 6) is -1.21. The molecule has 7 heteroatoms. The molecule has 0 heterocycles. The molecule has 0 aliphatic carbocycles. The van der Waals surface area contributed by atoms with Crippen molar-refractivity contribution in [2.24, 2.45) is 23.3 Å². The summed E-state index contributed by atoms with van der Waals surface area (Å²) in [6, 6.07) is -1.08. The first-order valence-corrected chi connectivity index (χ1v) is 8.13. The second kappa shape index (κ2) is 10.6. The number of carbonyl (C=O) groups is 2. The number of hydrogen-bond donors (Lipinski definition) is 4. The Morgan fingerprint density at radius 2 is 1.43 bits per heavy atom. The highest BCUT2D eigenvalue weighted by molar-refractivity contribution is 5.72. The first-order valence-electron chi connectivity index (χ1n) is 8.13. The Labute approximate surface area is 138 Å². The Morgan fingerprint density at radius 1 is 0.957 bits per heavy atom. The van der Waals surface area contributed by atoms with Crippen molar-refractivity contribution in [1.82, 2.24) is 0 Å². The summed E-state index contributed by atoms with van der Waals surface area (Å²) in [5, 5.41) is 18.9. The number of aliphatic hydroxyl groups is 1. The lowest BCUT2D eigenvalue weighted by atomic mass is 9.97. The van der Waals surface area contributed by atoms with Crippen LogP contribution in [0.4, 0.5) is 0 Å². The summed E-state index contributed by atoms with van der Waals surface area (Å²) in [6.45, 7) is 7.85.